The second kappa shape index (κ2) is 6.76. The first kappa shape index (κ1) is 14.9. The second-order valence-corrected chi connectivity index (χ2v) is 7.23. The Bertz CT molecular complexity index is 384. The molecule has 1 fully saturated rings. The molecule has 1 aliphatic heterocycles. The molecule has 1 nitrogen and oxygen atoms in total. The summed E-state index contributed by atoms with van der Waals surface area (Å²) in [4.78, 5) is 0. The van der Waals surface area contributed by atoms with Crippen molar-refractivity contribution in [1.29, 1.82) is 0 Å². The first-order chi connectivity index (χ1) is 9.14. The highest BCUT2D eigenvalue weighted by molar-refractivity contribution is 8.00. The molecule has 1 N–H and O–H groups in total. The smallest absolute Gasteiger partial charge is 0.123 e. The van der Waals surface area contributed by atoms with Crippen LogP contribution in [0.4, 0.5) is 4.39 Å². The summed E-state index contributed by atoms with van der Waals surface area (Å²) in [5, 5.41) is 3.70. The highest BCUT2D eigenvalue weighted by atomic mass is 32.2. The fourth-order valence-corrected chi connectivity index (χ4v) is 4.17. The van der Waals surface area contributed by atoms with Crippen LogP contribution in [0, 0.1) is 5.82 Å². The number of halogens is 1. The Morgan fingerprint density at radius 3 is 2.68 bits per heavy atom. The predicted molar refractivity (Wildman–Crippen MR) is 82.3 cm³/mol. The van der Waals surface area contributed by atoms with E-state index in [4.69, 9.17) is 0 Å². The molecule has 1 aromatic rings. The van der Waals surface area contributed by atoms with Gasteiger partial charge >= 0.3 is 0 Å². The monoisotopic (exact) mass is 281 g/mol. The first-order valence-corrected chi connectivity index (χ1v) is 8.24. The lowest BCUT2D eigenvalue weighted by Gasteiger charge is -2.34. The van der Waals surface area contributed by atoms with E-state index < -0.39 is 0 Å². The quantitative estimate of drug-likeness (QED) is 0.845. The fourth-order valence-electron chi connectivity index (χ4n) is 2.75. The molecule has 0 aromatic heterocycles. The van der Waals surface area contributed by atoms with Gasteiger partial charge in [-0.1, -0.05) is 19.1 Å². The molecular weight excluding hydrogens is 257 g/mol. The minimum absolute atomic E-state index is 0.150. The standard InChI is InChI=1S/C16H24FNS/c1-3-10-18-15(16(2)9-4-11-19-16)12-13-5-7-14(17)8-6-13/h5-8,15,18H,3-4,9-12H2,1-2H3. The minimum atomic E-state index is -0.150. The molecule has 0 bridgehead atoms. The van der Waals surface area contributed by atoms with Gasteiger partial charge in [-0.2, -0.15) is 11.8 Å². The van der Waals surface area contributed by atoms with E-state index in [0.29, 0.717) is 10.8 Å². The average Bonchev–Trinajstić information content (AvgIpc) is 2.85. The van der Waals surface area contributed by atoms with Crippen molar-refractivity contribution in [2.45, 2.75) is 50.3 Å². The summed E-state index contributed by atoms with van der Waals surface area (Å²) in [6.45, 7) is 5.63. The fraction of sp³-hybridized carbons (Fsp3) is 0.625. The predicted octanol–water partition coefficient (Wildman–Crippen LogP) is 4.02. The largest absolute Gasteiger partial charge is 0.312 e. The van der Waals surface area contributed by atoms with E-state index in [1.54, 1.807) is 12.1 Å². The number of hydrogen-bond donors (Lipinski definition) is 1. The summed E-state index contributed by atoms with van der Waals surface area (Å²) < 4.78 is 13.3. The van der Waals surface area contributed by atoms with Crippen LogP contribution in [0.25, 0.3) is 0 Å². The van der Waals surface area contributed by atoms with Crippen LogP contribution in [0.1, 0.15) is 38.7 Å². The van der Waals surface area contributed by atoms with Crippen molar-refractivity contribution in [2.75, 3.05) is 12.3 Å². The van der Waals surface area contributed by atoms with Gasteiger partial charge in [-0.05, 0) is 62.6 Å². The molecule has 1 aromatic carbocycles. The number of nitrogens with one attached hydrogen (secondary N) is 1. The Kier molecular flexibility index (Phi) is 5.28. The Morgan fingerprint density at radius 1 is 1.37 bits per heavy atom. The van der Waals surface area contributed by atoms with Gasteiger partial charge in [-0.25, -0.2) is 4.39 Å². The molecule has 19 heavy (non-hydrogen) atoms. The van der Waals surface area contributed by atoms with Gasteiger partial charge in [0.15, 0.2) is 0 Å². The van der Waals surface area contributed by atoms with Crippen molar-refractivity contribution in [3.63, 3.8) is 0 Å². The Balaban J connectivity index is 2.06. The molecule has 1 heterocycles. The maximum atomic E-state index is 13.0. The third-order valence-electron chi connectivity index (χ3n) is 3.98. The molecule has 1 saturated heterocycles. The number of thioether (sulfide) groups is 1. The molecule has 106 valence electrons. The van der Waals surface area contributed by atoms with E-state index in [-0.39, 0.29) is 5.82 Å². The molecule has 2 unspecified atom stereocenters. The van der Waals surface area contributed by atoms with Gasteiger partial charge < -0.3 is 5.32 Å². The maximum absolute atomic E-state index is 13.0. The highest BCUT2D eigenvalue weighted by Gasteiger charge is 2.37. The van der Waals surface area contributed by atoms with E-state index in [1.165, 1.54) is 24.2 Å². The van der Waals surface area contributed by atoms with Gasteiger partial charge in [0.2, 0.25) is 0 Å². The molecule has 1 aliphatic rings. The molecule has 0 spiro atoms. The van der Waals surface area contributed by atoms with Crippen LogP contribution in [0.3, 0.4) is 0 Å². The average molecular weight is 281 g/mol. The van der Waals surface area contributed by atoms with Crippen molar-refractivity contribution in [1.82, 2.24) is 5.32 Å². The van der Waals surface area contributed by atoms with Gasteiger partial charge in [0.1, 0.15) is 5.82 Å². The summed E-state index contributed by atoms with van der Waals surface area (Å²) in [6, 6.07) is 7.44. The highest BCUT2D eigenvalue weighted by Crippen LogP contribution is 2.41. The molecular formula is C16H24FNS. The van der Waals surface area contributed by atoms with Crippen LogP contribution < -0.4 is 5.32 Å². The van der Waals surface area contributed by atoms with Crippen molar-refractivity contribution >= 4 is 11.8 Å². The molecule has 3 heteroatoms. The Labute approximate surface area is 120 Å². The normalized spacial score (nSPS) is 24.6. The zero-order chi connectivity index (χ0) is 13.7. The molecule has 0 aliphatic carbocycles. The van der Waals surface area contributed by atoms with Gasteiger partial charge in [0.25, 0.3) is 0 Å². The second-order valence-electron chi connectivity index (χ2n) is 5.60. The summed E-state index contributed by atoms with van der Waals surface area (Å²) in [7, 11) is 0. The lowest BCUT2D eigenvalue weighted by atomic mass is 9.90. The lowest BCUT2D eigenvalue weighted by molar-refractivity contribution is 0.399. The zero-order valence-electron chi connectivity index (χ0n) is 11.9. The molecule has 0 radical (unpaired) electrons. The third kappa shape index (κ3) is 3.96. The van der Waals surface area contributed by atoms with E-state index in [9.17, 15) is 4.39 Å². The Morgan fingerprint density at radius 2 is 2.11 bits per heavy atom. The van der Waals surface area contributed by atoms with Crippen LogP contribution in [0.2, 0.25) is 0 Å². The molecule has 0 amide bonds. The topological polar surface area (TPSA) is 12.0 Å². The summed E-state index contributed by atoms with van der Waals surface area (Å²) >= 11 is 2.09. The van der Waals surface area contributed by atoms with Crippen molar-refractivity contribution < 1.29 is 4.39 Å². The number of hydrogen-bond acceptors (Lipinski definition) is 2. The molecule has 2 atom stereocenters. The van der Waals surface area contributed by atoms with Crippen LogP contribution >= 0.6 is 11.8 Å². The van der Waals surface area contributed by atoms with Gasteiger partial charge in [-0.15, -0.1) is 0 Å². The van der Waals surface area contributed by atoms with Gasteiger partial charge in [0, 0.05) is 10.8 Å². The number of benzene rings is 1. The SMILES string of the molecule is CCCNC(Cc1ccc(F)cc1)C1(C)CCCS1. The Hall–Kier alpha value is -0.540. The van der Waals surface area contributed by atoms with Crippen LogP contribution in [-0.4, -0.2) is 23.1 Å². The maximum Gasteiger partial charge on any atom is 0.123 e. The van der Waals surface area contributed by atoms with Gasteiger partial charge in [0.05, 0.1) is 0 Å². The van der Waals surface area contributed by atoms with Crippen LogP contribution in [0.15, 0.2) is 24.3 Å². The lowest BCUT2D eigenvalue weighted by Crippen LogP contribution is -2.47. The van der Waals surface area contributed by atoms with E-state index >= 15 is 0 Å². The van der Waals surface area contributed by atoms with E-state index in [0.717, 1.165) is 19.4 Å². The molecule has 2 rings (SSSR count). The third-order valence-corrected chi connectivity index (χ3v) is 5.62. The first-order valence-electron chi connectivity index (χ1n) is 7.26. The summed E-state index contributed by atoms with van der Waals surface area (Å²) in [5.74, 6) is 1.12. The summed E-state index contributed by atoms with van der Waals surface area (Å²) in [5.41, 5.74) is 1.23. The molecule has 0 saturated carbocycles. The zero-order valence-corrected chi connectivity index (χ0v) is 12.7. The summed E-state index contributed by atoms with van der Waals surface area (Å²) in [6.07, 6.45) is 4.74. The van der Waals surface area contributed by atoms with E-state index in [2.05, 4.69) is 30.9 Å². The van der Waals surface area contributed by atoms with Crippen LogP contribution in [0.5, 0.6) is 0 Å². The van der Waals surface area contributed by atoms with Crippen molar-refractivity contribution in [3.05, 3.63) is 35.6 Å². The van der Waals surface area contributed by atoms with Crippen molar-refractivity contribution in [2.24, 2.45) is 0 Å². The minimum Gasteiger partial charge on any atom is -0.312 e. The van der Waals surface area contributed by atoms with E-state index in [1.807, 2.05) is 12.1 Å². The van der Waals surface area contributed by atoms with Crippen LogP contribution in [-0.2, 0) is 6.42 Å². The number of rotatable bonds is 6. The van der Waals surface area contributed by atoms with Gasteiger partial charge in [-0.3, -0.25) is 0 Å². The van der Waals surface area contributed by atoms with Crippen molar-refractivity contribution in [3.8, 4) is 0 Å².